The van der Waals surface area contributed by atoms with Crippen LogP contribution in [0.4, 0.5) is 11.4 Å². The van der Waals surface area contributed by atoms with Crippen LogP contribution in [-0.4, -0.2) is 0 Å². The summed E-state index contributed by atoms with van der Waals surface area (Å²) < 4.78 is 29.1. The summed E-state index contributed by atoms with van der Waals surface area (Å²) in [5, 5.41) is 6.68. The molecule has 7 rings (SSSR count). The van der Waals surface area contributed by atoms with Gasteiger partial charge in [0.1, 0.15) is 0 Å². The Morgan fingerprint density at radius 3 is 0.935 bits per heavy atom. The van der Waals surface area contributed by atoms with E-state index in [9.17, 15) is 9.13 Å². The number of hydrogen-bond donors (Lipinski definition) is 2. The van der Waals surface area contributed by atoms with E-state index in [2.05, 4.69) is 10.2 Å². The minimum absolute atomic E-state index is 0.671. The van der Waals surface area contributed by atoms with Crippen LogP contribution in [0, 0.1) is 0 Å². The number of rotatable bonds is 8. The van der Waals surface area contributed by atoms with Gasteiger partial charge in [-0.15, -0.1) is 0 Å². The minimum atomic E-state index is -3.18. The van der Waals surface area contributed by atoms with Crippen LogP contribution in [0.2, 0.25) is 0 Å². The molecule has 5 aromatic carbocycles. The average molecular weight is 673 g/mol. The van der Waals surface area contributed by atoms with Gasteiger partial charge in [-0.3, -0.25) is 9.13 Å². The summed E-state index contributed by atoms with van der Waals surface area (Å²) in [7, 11) is -6.35. The molecule has 2 aliphatic heterocycles. The zero-order chi connectivity index (χ0) is 31.4. The summed E-state index contributed by atoms with van der Waals surface area (Å²) in [5.41, 5.74) is 5.40. The predicted molar refractivity (Wildman–Crippen MR) is 202 cm³/mol. The molecule has 2 aliphatic rings. The SMILES string of the molecule is O=P1(Nc2cccc(NP3(=O)C=C(c4ccccc4)SC(c4ccccc4)=C3)c2)C=C(c2ccccc2)SC(c2ccccc2)=C1. The molecule has 0 atom stereocenters. The van der Waals surface area contributed by atoms with Crippen LogP contribution < -0.4 is 10.2 Å². The van der Waals surface area contributed by atoms with Gasteiger partial charge in [0, 0.05) is 54.3 Å². The lowest BCUT2D eigenvalue weighted by Crippen LogP contribution is -2.00. The van der Waals surface area contributed by atoms with E-state index in [1.807, 2.05) is 169 Å². The number of anilines is 2. The fraction of sp³-hybridized carbons (Fsp3) is 0. The summed E-state index contributed by atoms with van der Waals surface area (Å²) in [6.07, 6.45) is 0. The van der Waals surface area contributed by atoms with Crippen molar-refractivity contribution in [2.24, 2.45) is 0 Å². The summed E-state index contributed by atoms with van der Waals surface area (Å²) in [4.78, 5) is 3.75. The molecule has 2 heterocycles. The van der Waals surface area contributed by atoms with E-state index in [1.54, 1.807) is 23.5 Å². The van der Waals surface area contributed by atoms with Crippen molar-refractivity contribution in [3.05, 3.63) is 191 Å². The first-order valence-electron chi connectivity index (χ1n) is 14.8. The second kappa shape index (κ2) is 13.3. The maximum absolute atomic E-state index is 14.6. The van der Waals surface area contributed by atoms with Crippen molar-refractivity contribution in [3.8, 4) is 0 Å². The van der Waals surface area contributed by atoms with E-state index in [0.717, 1.165) is 41.9 Å². The largest absolute Gasteiger partial charge is 0.330 e. The third-order valence-electron chi connectivity index (χ3n) is 7.38. The quantitative estimate of drug-likeness (QED) is 0.160. The second-order valence-electron chi connectivity index (χ2n) is 10.9. The first-order chi connectivity index (χ1) is 22.4. The van der Waals surface area contributed by atoms with Crippen molar-refractivity contribution in [2.75, 3.05) is 10.2 Å². The van der Waals surface area contributed by atoms with Crippen LogP contribution in [-0.2, 0) is 9.13 Å². The van der Waals surface area contributed by atoms with Gasteiger partial charge in [-0.25, -0.2) is 0 Å². The summed E-state index contributed by atoms with van der Waals surface area (Å²) in [6.45, 7) is 0. The molecule has 0 amide bonds. The van der Waals surface area contributed by atoms with Crippen LogP contribution in [0.5, 0.6) is 0 Å². The van der Waals surface area contributed by atoms with Gasteiger partial charge in [0.25, 0.3) is 0 Å². The normalized spacial score (nSPS) is 16.7. The van der Waals surface area contributed by atoms with Gasteiger partial charge in [0.05, 0.1) is 0 Å². The Kier molecular flexibility index (Phi) is 8.80. The molecule has 8 heteroatoms. The smallest absolute Gasteiger partial charge is 0.215 e. The van der Waals surface area contributed by atoms with Gasteiger partial charge in [-0.2, -0.15) is 0 Å². The van der Waals surface area contributed by atoms with E-state index >= 15 is 0 Å². The Balaban J connectivity index is 1.22. The minimum Gasteiger partial charge on any atom is -0.330 e. The summed E-state index contributed by atoms with van der Waals surface area (Å²) in [5.74, 6) is 7.40. The van der Waals surface area contributed by atoms with Crippen molar-refractivity contribution >= 4 is 69.1 Å². The van der Waals surface area contributed by atoms with Crippen LogP contribution in [0.25, 0.3) is 19.6 Å². The topological polar surface area (TPSA) is 58.2 Å². The van der Waals surface area contributed by atoms with Crippen molar-refractivity contribution in [2.45, 2.75) is 0 Å². The third kappa shape index (κ3) is 7.12. The fourth-order valence-electron chi connectivity index (χ4n) is 5.25. The van der Waals surface area contributed by atoms with Gasteiger partial charge in [0.2, 0.25) is 14.6 Å². The second-order valence-corrected chi connectivity index (χ2v) is 17.3. The number of thioether (sulfide) groups is 2. The molecule has 0 bridgehead atoms. The highest BCUT2D eigenvalue weighted by Crippen LogP contribution is 2.62. The Morgan fingerprint density at radius 1 is 0.370 bits per heavy atom. The Labute approximate surface area is 278 Å². The molecule has 5 aromatic rings. The predicted octanol–water partition coefficient (Wildman–Crippen LogP) is 12.6. The van der Waals surface area contributed by atoms with E-state index in [1.165, 1.54) is 0 Å². The Morgan fingerprint density at radius 2 is 0.652 bits per heavy atom. The maximum atomic E-state index is 14.6. The van der Waals surface area contributed by atoms with Gasteiger partial charge in [-0.05, 0) is 40.5 Å². The number of benzene rings is 5. The monoisotopic (exact) mass is 672 g/mol. The Bertz CT molecular complexity index is 1830. The van der Waals surface area contributed by atoms with Crippen LogP contribution in [0.3, 0.4) is 0 Å². The first-order valence-corrected chi connectivity index (χ1v) is 20.1. The van der Waals surface area contributed by atoms with Crippen molar-refractivity contribution < 1.29 is 9.13 Å². The molecule has 0 saturated heterocycles. The number of nitrogens with one attached hydrogen (secondary N) is 2. The van der Waals surface area contributed by atoms with E-state index in [-0.39, 0.29) is 0 Å². The van der Waals surface area contributed by atoms with E-state index < -0.39 is 14.6 Å². The lowest BCUT2D eigenvalue weighted by molar-refractivity contribution is 0.588. The van der Waals surface area contributed by atoms with E-state index in [4.69, 9.17) is 0 Å². The molecule has 4 nitrogen and oxygen atoms in total. The summed E-state index contributed by atoms with van der Waals surface area (Å²) >= 11 is 3.24. The van der Waals surface area contributed by atoms with Crippen molar-refractivity contribution in [3.63, 3.8) is 0 Å². The van der Waals surface area contributed by atoms with Gasteiger partial charge in [0.15, 0.2) is 0 Å². The maximum Gasteiger partial charge on any atom is 0.215 e. The fourth-order valence-corrected chi connectivity index (χ4v) is 12.9. The highest BCUT2D eigenvalue weighted by atomic mass is 32.2. The van der Waals surface area contributed by atoms with Gasteiger partial charge >= 0.3 is 0 Å². The van der Waals surface area contributed by atoms with Crippen molar-refractivity contribution in [1.29, 1.82) is 0 Å². The summed E-state index contributed by atoms with van der Waals surface area (Å²) in [6, 6.07) is 47.7. The molecule has 226 valence electrons. The zero-order valence-corrected chi connectivity index (χ0v) is 28.1. The number of hydrogen-bond acceptors (Lipinski definition) is 4. The van der Waals surface area contributed by atoms with Crippen molar-refractivity contribution in [1.82, 2.24) is 0 Å². The average Bonchev–Trinajstić information content (AvgIpc) is 3.09. The van der Waals surface area contributed by atoms with Gasteiger partial charge < -0.3 is 10.2 Å². The molecular formula is C38H30N2O2P2S2. The van der Waals surface area contributed by atoms with E-state index in [0.29, 0.717) is 11.4 Å². The van der Waals surface area contributed by atoms with Gasteiger partial charge in [-0.1, -0.05) is 151 Å². The molecule has 0 aliphatic carbocycles. The molecule has 0 saturated carbocycles. The lowest BCUT2D eigenvalue weighted by Gasteiger charge is -2.24. The highest BCUT2D eigenvalue weighted by molar-refractivity contribution is 8.18. The molecule has 2 N–H and O–H groups in total. The lowest BCUT2D eigenvalue weighted by atomic mass is 10.2. The van der Waals surface area contributed by atoms with Crippen LogP contribution in [0.15, 0.2) is 169 Å². The molecule has 0 spiro atoms. The molecular weight excluding hydrogens is 643 g/mol. The molecule has 0 aromatic heterocycles. The van der Waals surface area contributed by atoms with Crippen LogP contribution in [0.1, 0.15) is 22.3 Å². The first kappa shape index (κ1) is 30.5. The molecule has 0 unspecified atom stereocenters. The third-order valence-corrected chi connectivity index (χ3v) is 14.2. The molecule has 0 fully saturated rings. The molecule has 0 radical (unpaired) electrons. The standard InChI is InChI=1S/C38H30N2O2P2S2/c41-43(25-35(29-14-5-1-6-15-29)45-36(26-43)30-16-7-2-8-17-30)39-33-22-13-23-34(24-33)40-44(42)27-37(31-18-9-3-10-19-31)46-38(28-44)32-20-11-4-12-21-32/h1-28H,(H,39,41)(H,40,42). The van der Waals surface area contributed by atoms with Crippen LogP contribution >= 0.6 is 38.1 Å². The highest BCUT2D eigenvalue weighted by Gasteiger charge is 2.28. The Hall–Kier alpha value is -4.18. The zero-order valence-electron chi connectivity index (χ0n) is 24.7. The molecule has 46 heavy (non-hydrogen) atoms.